The Balaban J connectivity index is 2.07. The van der Waals surface area contributed by atoms with Crippen LogP contribution < -0.4 is 5.32 Å². The maximum Gasteiger partial charge on any atom is 0.0576 e. The Labute approximate surface area is 82.0 Å². The normalized spacial score (nSPS) is 24.9. The van der Waals surface area contributed by atoms with Crippen molar-refractivity contribution in [2.45, 2.75) is 58.1 Å². The Kier molecular flexibility index (Phi) is 5.40. The van der Waals surface area contributed by atoms with Gasteiger partial charge in [0.05, 0.1) is 6.10 Å². The number of hydrogen-bond donors (Lipinski definition) is 1. The largest absolute Gasteiger partial charge is 0.378 e. The van der Waals surface area contributed by atoms with Crippen molar-refractivity contribution in [2.75, 3.05) is 13.2 Å². The summed E-state index contributed by atoms with van der Waals surface area (Å²) >= 11 is 0. The molecular formula is C11H23NO. The second-order valence-corrected chi connectivity index (χ2v) is 3.88. The molecule has 0 radical (unpaired) electrons. The lowest BCUT2D eigenvalue weighted by Gasteiger charge is -2.17. The topological polar surface area (TPSA) is 21.3 Å². The van der Waals surface area contributed by atoms with E-state index in [9.17, 15) is 0 Å². The highest BCUT2D eigenvalue weighted by Crippen LogP contribution is 2.18. The summed E-state index contributed by atoms with van der Waals surface area (Å²) < 4.78 is 5.60. The summed E-state index contributed by atoms with van der Waals surface area (Å²) in [6, 6.07) is 0.703. The van der Waals surface area contributed by atoms with Crippen molar-refractivity contribution < 1.29 is 4.74 Å². The zero-order valence-corrected chi connectivity index (χ0v) is 9.01. The molecule has 1 aliphatic rings. The van der Waals surface area contributed by atoms with E-state index >= 15 is 0 Å². The van der Waals surface area contributed by atoms with Gasteiger partial charge in [-0.2, -0.15) is 0 Å². The molecule has 0 spiro atoms. The second kappa shape index (κ2) is 6.39. The molecule has 2 heteroatoms. The highest BCUT2D eigenvalue weighted by Gasteiger charge is 2.16. The molecule has 2 unspecified atom stereocenters. The van der Waals surface area contributed by atoms with E-state index in [1.165, 1.54) is 32.1 Å². The van der Waals surface area contributed by atoms with Gasteiger partial charge in [-0.1, -0.05) is 13.8 Å². The van der Waals surface area contributed by atoms with Crippen molar-refractivity contribution in [3.63, 3.8) is 0 Å². The number of rotatable bonds is 6. The Bertz CT molecular complexity index is 121. The smallest absolute Gasteiger partial charge is 0.0576 e. The van der Waals surface area contributed by atoms with Gasteiger partial charge in [0, 0.05) is 12.6 Å². The Morgan fingerprint density at radius 1 is 1.46 bits per heavy atom. The van der Waals surface area contributed by atoms with Gasteiger partial charge >= 0.3 is 0 Å². The highest BCUT2D eigenvalue weighted by molar-refractivity contribution is 4.70. The van der Waals surface area contributed by atoms with Gasteiger partial charge in [0.2, 0.25) is 0 Å². The zero-order valence-electron chi connectivity index (χ0n) is 9.01. The van der Waals surface area contributed by atoms with Gasteiger partial charge in [-0.15, -0.1) is 0 Å². The van der Waals surface area contributed by atoms with Crippen molar-refractivity contribution in [1.82, 2.24) is 5.32 Å². The third kappa shape index (κ3) is 4.10. The van der Waals surface area contributed by atoms with Crippen LogP contribution in [0, 0.1) is 0 Å². The van der Waals surface area contributed by atoms with E-state index in [0.717, 1.165) is 13.2 Å². The first-order chi connectivity index (χ1) is 6.36. The predicted molar refractivity (Wildman–Crippen MR) is 56.0 cm³/mol. The molecule has 1 N–H and O–H groups in total. The Hall–Kier alpha value is -0.0800. The molecule has 0 aromatic rings. The van der Waals surface area contributed by atoms with E-state index < -0.39 is 0 Å². The standard InChI is InChI=1S/C11H23NO/c1-3-10(12-4-2)7-8-11-6-5-9-13-11/h10-12H,3-9H2,1-2H3. The summed E-state index contributed by atoms with van der Waals surface area (Å²) in [4.78, 5) is 0. The van der Waals surface area contributed by atoms with Crippen LogP contribution in [0.5, 0.6) is 0 Å². The quantitative estimate of drug-likeness (QED) is 0.686. The Morgan fingerprint density at radius 2 is 2.31 bits per heavy atom. The second-order valence-electron chi connectivity index (χ2n) is 3.88. The van der Waals surface area contributed by atoms with Crippen LogP contribution in [-0.2, 0) is 4.74 Å². The van der Waals surface area contributed by atoms with Crippen LogP contribution in [0.15, 0.2) is 0 Å². The minimum absolute atomic E-state index is 0.563. The van der Waals surface area contributed by atoms with Gasteiger partial charge in [0.15, 0.2) is 0 Å². The van der Waals surface area contributed by atoms with Crippen LogP contribution in [0.3, 0.4) is 0 Å². The third-order valence-electron chi connectivity index (χ3n) is 2.85. The van der Waals surface area contributed by atoms with Crippen molar-refractivity contribution >= 4 is 0 Å². The monoisotopic (exact) mass is 185 g/mol. The molecule has 1 saturated heterocycles. The fourth-order valence-corrected chi connectivity index (χ4v) is 2.00. The Morgan fingerprint density at radius 3 is 2.85 bits per heavy atom. The highest BCUT2D eigenvalue weighted by atomic mass is 16.5. The molecule has 0 amide bonds. The summed E-state index contributed by atoms with van der Waals surface area (Å²) in [6.07, 6.45) is 6.86. The lowest BCUT2D eigenvalue weighted by Crippen LogP contribution is -2.29. The van der Waals surface area contributed by atoms with Crippen LogP contribution in [-0.4, -0.2) is 25.3 Å². The molecule has 0 aliphatic carbocycles. The van der Waals surface area contributed by atoms with Crippen LogP contribution >= 0.6 is 0 Å². The van der Waals surface area contributed by atoms with Gasteiger partial charge in [-0.25, -0.2) is 0 Å². The van der Waals surface area contributed by atoms with E-state index in [1.54, 1.807) is 0 Å². The minimum Gasteiger partial charge on any atom is -0.378 e. The third-order valence-corrected chi connectivity index (χ3v) is 2.85. The van der Waals surface area contributed by atoms with Gasteiger partial charge < -0.3 is 10.1 Å². The van der Waals surface area contributed by atoms with Crippen LogP contribution in [0.25, 0.3) is 0 Å². The average molecular weight is 185 g/mol. The fourth-order valence-electron chi connectivity index (χ4n) is 2.00. The molecule has 0 bridgehead atoms. The first-order valence-electron chi connectivity index (χ1n) is 5.71. The molecule has 1 heterocycles. The van der Waals surface area contributed by atoms with E-state index in [2.05, 4.69) is 19.2 Å². The number of ether oxygens (including phenoxy) is 1. The molecule has 1 aliphatic heterocycles. The van der Waals surface area contributed by atoms with Gasteiger partial charge in [0.1, 0.15) is 0 Å². The fraction of sp³-hybridized carbons (Fsp3) is 1.00. The van der Waals surface area contributed by atoms with Crippen molar-refractivity contribution in [3.8, 4) is 0 Å². The molecule has 1 fully saturated rings. The lowest BCUT2D eigenvalue weighted by atomic mass is 10.0. The summed E-state index contributed by atoms with van der Waals surface area (Å²) in [5.41, 5.74) is 0. The van der Waals surface area contributed by atoms with Crippen molar-refractivity contribution in [3.05, 3.63) is 0 Å². The van der Waals surface area contributed by atoms with E-state index in [4.69, 9.17) is 4.74 Å². The summed E-state index contributed by atoms with van der Waals surface area (Å²) in [6.45, 7) is 6.50. The molecule has 2 atom stereocenters. The summed E-state index contributed by atoms with van der Waals surface area (Å²) in [7, 11) is 0. The average Bonchev–Trinajstić information content (AvgIpc) is 2.64. The number of hydrogen-bond acceptors (Lipinski definition) is 2. The maximum atomic E-state index is 5.60. The summed E-state index contributed by atoms with van der Waals surface area (Å²) in [5, 5.41) is 3.50. The molecule has 0 aromatic heterocycles. The van der Waals surface area contributed by atoms with Crippen molar-refractivity contribution in [2.24, 2.45) is 0 Å². The molecule has 1 rings (SSSR count). The first kappa shape index (κ1) is 11.0. The first-order valence-corrected chi connectivity index (χ1v) is 5.71. The molecule has 2 nitrogen and oxygen atoms in total. The zero-order chi connectivity index (χ0) is 9.52. The minimum atomic E-state index is 0.563. The van der Waals surface area contributed by atoms with E-state index in [-0.39, 0.29) is 0 Å². The van der Waals surface area contributed by atoms with Crippen LogP contribution in [0.2, 0.25) is 0 Å². The van der Waals surface area contributed by atoms with Gasteiger partial charge in [-0.05, 0) is 38.6 Å². The van der Waals surface area contributed by atoms with Gasteiger partial charge in [0.25, 0.3) is 0 Å². The molecule has 13 heavy (non-hydrogen) atoms. The molecular weight excluding hydrogens is 162 g/mol. The number of nitrogens with one attached hydrogen (secondary N) is 1. The molecule has 0 saturated carbocycles. The van der Waals surface area contributed by atoms with Crippen LogP contribution in [0.1, 0.15) is 46.0 Å². The van der Waals surface area contributed by atoms with Gasteiger partial charge in [-0.3, -0.25) is 0 Å². The van der Waals surface area contributed by atoms with E-state index in [1.807, 2.05) is 0 Å². The maximum absolute atomic E-state index is 5.60. The van der Waals surface area contributed by atoms with E-state index in [0.29, 0.717) is 12.1 Å². The molecule has 78 valence electrons. The molecule has 0 aromatic carbocycles. The van der Waals surface area contributed by atoms with Crippen molar-refractivity contribution in [1.29, 1.82) is 0 Å². The predicted octanol–water partition coefficient (Wildman–Crippen LogP) is 2.33. The van der Waals surface area contributed by atoms with Crippen LogP contribution in [0.4, 0.5) is 0 Å². The summed E-state index contributed by atoms with van der Waals surface area (Å²) in [5.74, 6) is 0. The lowest BCUT2D eigenvalue weighted by molar-refractivity contribution is 0.0995. The SMILES string of the molecule is CCNC(CC)CCC1CCCO1.